The highest BCUT2D eigenvalue weighted by molar-refractivity contribution is 7.92. The van der Waals surface area contributed by atoms with Crippen LogP contribution in [0.5, 0.6) is 5.75 Å². The molecule has 2 saturated heterocycles. The average molecular weight is 677 g/mol. The van der Waals surface area contributed by atoms with Gasteiger partial charge in [-0.2, -0.15) is 18.2 Å². The second-order valence-electron chi connectivity index (χ2n) is 12.2. The van der Waals surface area contributed by atoms with Crippen molar-refractivity contribution in [2.75, 3.05) is 86.6 Å². The lowest BCUT2D eigenvalue weighted by atomic mass is 10.0. The van der Waals surface area contributed by atoms with Crippen LogP contribution in [0, 0.1) is 6.92 Å². The first kappa shape index (κ1) is 34.5. The molecule has 15 heteroatoms. The minimum atomic E-state index is -4.72. The number of piperidine rings is 1. The van der Waals surface area contributed by atoms with E-state index in [1.807, 2.05) is 18.2 Å². The minimum absolute atomic E-state index is 0.0596. The molecule has 0 atom stereocenters. The molecular weight excluding hydrogens is 633 g/mol. The lowest BCUT2D eigenvalue weighted by molar-refractivity contribution is -0.137. The summed E-state index contributed by atoms with van der Waals surface area (Å²) in [5.74, 6) is 0.00337. The second kappa shape index (κ2) is 14.1. The molecule has 0 amide bonds. The second-order valence-corrected chi connectivity index (χ2v) is 14.3. The maximum absolute atomic E-state index is 14.0. The fourth-order valence-electron chi connectivity index (χ4n) is 6.06. The molecule has 2 aliphatic rings. The summed E-state index contributed by atoms with van der Waals surface area (Å²) in [6, 6.07) is 11.4. The zero-order chi connectivity index (χ0) is 33.9. The third-order valence-electron chi connectivity index (χ3n) is 8.93. The number of aryl methyl sites for hydroxylation is 1. The predicted molar refractivity (Wildman–Crippen MR) is 179 cm³/mol. The Balaban J connectivity index is 1.31. The van der Waals surface area contributed by atoms with Crippen molar-refractivity contribution in [1.82, 2.24) is 19.8 Å². The van der Waals surface area contributed by atoms with Crippen LogP contribution < -0.4 is 24.6 Å². The fraction of sp³-hybridized carbons (Fsp3) is 0.500. The number of alkyl halides is 3. The predicted octanol–water partition coefficient (Wildman–Crippen LogP) is 4.78. The molecule has 2 N–H and O–H groups in total. The number of anilines is 5. The highest BCUT2D eigenvalue weighted by Gasteiger charge is 2.35. The molecule has 3 aromatic rings. The number of methoxy groups -OCH3 is 1. The Hall–Kier alpha value is -3.82. The van der Waals surface area contributed by atoms with Gasteiger partial charge >= 0.3 is 6.18 Å². The van der Waals surface area contributed by atoms with Gasteiger partial charge in [-0.15, -0.1) is 0 Å². The van der Waals surface area contributed by atoms with Crippen molar-refractivity contribution >= 4 is 38.9 Å². The first-order chi connectivity index (χ1) is 22.2. The fourth-order valence-corrected chi connectivity index (χ4v) is 6.59. The molecule has 5 rings (SSSR count). The monoisotopic (exact) mass is 676 g/mol. The summed E-state index contributed by atoms with van der Waals surface area (Å²) in [7, 11) is 1.50. The Morgan fingerprint density at radius 3 is 2.38 bits per heavy atom. The number of halogens is 3. The van der Waals surface area contributed by atoms with Crippen molar-refractivity contribution in [1.29, 1.82) is 0 Å². The molecule has 2 aliphatic heterocycles. The number of piperazine rings is 1. The molecular formula is C32H43F3N8O3S. The highest BCUT2D eigenvalue weighted by Crippen LogP contribution is 2.36. The largest absolute Gasteiger partial charge is 0.494 e. The van der Waals surface area contributed by atoms with Gasteiger partial charge in [0.05, 0.1) is 24.7 Å². The smallest absolute Gasteiger partial charge is 0.421 e. The first-order valence-electron chi connectivity index (χ1n) is 15.6. The van der Waals surface area contributed by atoms with Crippen molar-refractivity contribution in [3.05, 3.63) is 59.3 Å². The van der Waals surface area contributed by atoms with E-state index in [1.54, 1.807) is 25.1 Å². The van der Waals surface area contributed by atoms with E-state index in [4.69, 9.17) is 4.74 Å². The molecule has 2 aromatic carbocycles. The Labute approximate surface area is 274 Å². The number of nitrogens with zero attached hydrogens (tertiary/aromatic N) is 6. The first-order valence-corrected chi connectivity index (χ1v) is 17.4. The maximum Gasteiger partial charge on any atom is 0.421 e. The molecule has 0 unspecified atom stereocenters. The number of hydrogen-bond donors (Lipinski definition) is 2. The molecule has 0 aliphatic carbocycles. The summed E-state index contributed by atoms with van der Waals surface area (Å²) in [5, 5.41) is 5.77. The number of likely N-dealkylation sites (tertiary alicyclic amines) is 1. The Kier molecular flexibility index (Phi) is 10.4. The van der Waals surface area contributed by atoms with Crippen molar-refractivity contribution in [2.24, 2.45) is 0 Å². The van der Waals surface area contributed by atoms with E-state index in [2.05, 4.69) is 42.3 Å². The van der Waals surface area contributed by atoms with E-state index in [-0.39, 0.29) is 12.5 Å². The number of rotatable bonds is 10. The third kappa shape index (κ3) is 8.37. The number of sulfonamides is 1. The van der Waals surface area contributed by atoms with Gasteiger partial charge in [-0.05, 0) is 69.2 Å². The topological polar surface area (TPSA) is 106 Å². The van der Waals surface area contributed by atoms with E-state index in [0.29, 0.717) is 28.7 Å². The van der Waals surface area contributed by atoms with Crippen LogP contribution in [-0.4, -0.2) is 101 Å². The summed E-state index contributed by atoms with van der Waals surface area (Å²) < 4.78 is 73.1. The lowest BCUT2D eigenvalue weighted by Gasteiger charge is -2.43. The molecule has 0 saturated carbocycles. The van der Waals surface area contributed by atoms with Crippen LogP contribution in [0.15, 0.2) is 42.6 Å². The van der Waals surface area contributed by atoms with Gasteiger partial charge in [0.25, 0.3) is 0 Å². The number of hydrogen-bond acceptors (Lipinski definition) is 10. The summed E-state index contributed by atoms with van der Waals surface area (Å²) in [6.07, 6.45) is -0.546. The molecule has 3 heterocycles. The number of ether oxygens (including phenoxy) is 1. The SMILES string of the molecule is COc1cc(N2CCN(C3CCN(C)CC3)CC2)ccc1Nc1ncc(C(F)(F)F)c(NCc2ccc(C)cc2N(C)S(C)(=O)=O)n1. The zero-order valence-corrected chi connectivity index (χ0v) is 28.2. The van der Waals surface area contributed by atoms with Crippen molar-refractivity contribution < 1.29 is 26.3 Å². The van der Waals surface area contributed by atoms with E-state index < -0.39 is 27.6 Å². The van der Waals surface area contributed by atoms with Crippen LogP contribution in [0.4, 0.5) is 42.0 Å². The van der Waals surface area contributed by atoms with Gasteiger partial charge in [-0.25, -0.2) is 13.4 Å². The third-order valence-corrected chi connectivity index (χ3v) is 10.1. The van der Waals surface area contributed by atoms with Crippen LogP contribution in [0.3, 0.4) is 0 Å². The van der Waals surface area contributed by atoms with Crippen molar-refractivity contribution in [3.8, 4) is 5.75 Å². The van der Waals surface area contributed by atoms with E-state index in [1.165, 1.54) is 27.0 Å². The van der Waals surface area contributed by atoms with Crippen LogP contribution in [0.2, 0.25) is 0 Å². The number of aromatic nitrogens is 2. The van der Waals surface area contributed by atoms with Gasteiger partial charge in [0, 0.05) is 63.8 Å². The van der Waals surface area contributed by atoms with E-state index in [9.17, 15) is 21.6 Å². The van der Waals surface area contributed by atoms with Crippen LogP contribution >= 0.6 is 0 Å². The average Bonchev–Trinajstić information content (AvgIpc) is 3.03. The Bertz CT molecular complexity index is 1660. The van der Waals surface area contributed by atoms with Crippen LogP contribution in [0.25, 0.3) is 0 Å². The van der Waals surface area contributed by atoms with Gasteiger partial charge < -0.3 is 25.2 Å². The van der Waals surface area contributed by atoms with E-state index >= 15 is 0 Å². The van der Waals surface area contributed by atoms with E-state index in [0.717, 1.165) is 67.3 Å². The molecule has 0 bridgehead atoms. The molecule has 11 nitrogen and oxygen atoms in total. The van der Waals surface area contributed by atoms with Crippen molar-refractivity contribution in [3.63, 3.8) is 0 Å². The molecule has 0 spiro atoms. The molecule has 256 valence electrons. The summed E-state index contributed by atoms with van der Waals surface area (Å²) >= 11 is 0. The summed E-state index contributed by atoms with van der Waals surface area (Å²) in [4.78, 5) is 15.4. The van der Waals surface area contributed by atoms with Gasteiger partial charge in [0.1, 0.15) is 17.1 Å². The molecule has 0 radical (unpaired) electrons. The van der Waals surface area contributed by atoms with Crippen LogP contribution in [-0.2, 0) is 22.7 Å². The lowest BCUT2D eigenvalue weighted by Crippen LogP contribution is -2.53. The molecule has 2 fully saturated rings. The zero-order valence-electron chi connectivity index (χ0n) is 27.4. The van der Waals surface area contributed by atoms with Crippen molar-refractivity contribution in [2.45, 2.75) is 38.5 Å². The molecule has 1 aromatic heterocycles. The Morgan fingerprint density at radius 2 is 1.74 bits per heavy atom. The highest BCUT2D eigenvalue weighted by atomic mass is 32.2. The normalized spacial score (nSPS) is 17.1. The van der Waals surface area contributed by atoms with Gasteiger partial charge in [-0.1, -0.05) is 12.1 Å². The van der Waals surface area contributed by atoms with Gasteiger partial charge in [0.15, 0.2) is 0 Å². The van der Waals surface area contributed by atoms with Crippen LogP contribution in [0.1, 0.15) is 29.5 Å². The summed E-state index contributed by atoms with van der Waals surface area (Å²) in [6.45, 7) is 7.71. The molecule has 47 heavy (non-hydrogen) atoms. The van der Waals surface area contributed by atoms with Gasteiger partial charge in [-0.3, -0.25) is 9.21 Å². The van der Waals surface area contributed by atoms with Gasteiger partial charge in [0.2, 0.25) is 16.0 Å². The maximum atomic E-state index is 14.0. The Morgan fingerprint density at radius 1 is 1.04 bits per heavy atom. The number of benzene rings is 2. The minimum Gasteiger partial charge on any atom is -0.494 e. The number of nitrogens with one attached hydrogen (secondary N) is 2. The summed E-state index contributed by atoms with van der Waals surface area (Å²) in [5.41, 5.74) is 2.10. The quantitative estimate of drug-likeness (QED) is 0.312. The standard InChI is InChI=1S/C32H43F3N8O3S/c1-22-6-7-23(28(18-22)41(3)47(5,44)45)20-36-30-26(32(33,34)35)21-37-31(39-30)38-27-9-8-25(19-29(27)46-4)43-16-14-42(15-17-43)24-10-12-40(2)13-11-24/h6-9,18-19,21,24H,10-17,20H2,1-5H3,(H2,36,37,38,39).